The second-order valence-electron chi connectivity index (χ2n) is 5.33. The van der Waals surface area contributed by atoms with Gasteiger partial charge >= 0.3 is 0 Å². The summed E-state index contributed by atoms with van der Waals surface area (Å²) in [5, 5.41) is 9.93. The molecule has 0 bridgehead atoms. The van der Waals surface area contributed by atoms with Crippen LogP contribution in [0.4, 0.5) is 5.69 Å². The van der Waals surface area contributed by atoms with E-state index >= 15 is 0 Å². The molecule has 2 atom stereocenters. The molecule has 0 aromatic heterocycles. The number of nitrogens with two attached hydrogens (primary N) is 2. The quantitative estimate of drug-likeness (QED) is 0.527. The Balaban J connectivity index is 2.65. The smallest absolute Gasteiger partial charge is 0.0824 e. The van der Waals surface area contributed by atoms with Crippen LogP contribution in [-0.4, -0.2) is 34.6 Å². The van der Waals surface area contributed by atoms with E-state index in [0.717, 1.165) is 17.1 Å². The summed E-state index contributed by atoms with van der Waals surface area (Å²) in [6, 6.07) is 7.54. The van der Waals surface area contributed by atoms with E-state index in [2.05, 4.69) is 18.2 Å². The number of benzene rings is 1. The third kappa shape index (κ3) is 6.29. The minimum absolute atomic E-state index is 0.221. The molecular formula is C14H25N3OS. The van der Waals surface area contributed by atoms with Gasteiger partial charge in [-0.3, -0.25) is 0 Å². The number of nitrogens with zero attached hydrogens (tertiary/aromatic N) is 1. The lowest BCUT2D eigenvalue weighted by molar-refractivity contribution is 0.125. The Morgan fingerprint density at radius 3 is 2.21 bits per heavy atom. The predicted octanol–water partition coefficient (Wildman–Crippen LogP) is 1.94. The number of anilines is 1. The zero-order valence-corrected chi connectivity index (χ0v) is 12.7. The zero-order valence-electron chi connectivity index (χ0n) is 11.9. The van der Waals surface area contributed by atoms with Crippen molar-refractivity contribution in [1.29, 1.82) is 0 Å². The van der Waals surface area contributed by atoms with Crippen molar-refractivity contribution >= 4 is 17.6 Å². The van der Waals surface area contributed by atoms with Gasteiger partial charge in [0.05, 0.1) is 6.10 Å². The molecule has 1 rings (SSSR count). The average molecular weight is 283 g/mol. The van der Waals surface area contributed by atoms with E-state index in [4.69, 9.17) is 11.5 Å². The first-order valence-corrected chi connectivity index (χ1v) is 7.38. The highest BCUT2D eigenvalue weighted by Crippen LogP contribution is 2.25. The Labute approximate surface area is 120 Å². The molecule has 19 heavy (non-hydrogen) atoms. The van der Waals surface area contributed by atoms with Gasteiger partial charge in [-0.05, 0) is 49.1 Å². The van der Waals surface area contributed by atoms with Gasteiger partial charge in [-0.15, -0.1) is 0 Å². The monoisotopic (exact) mass is 283 g/mol. The molecule has 0 spiro atoms. The summed E-state index contributed by atoms with van der Waals surface area (Å²) in [4.78, 5) is 1.12. The first-order chi connectivity index (χ1) is 8.88. The molecule has 1 aromatic rings. The molecule has 108 valence electrons. The van der Waals surface area contributed by atoms with Crippen LogP contribution in [0, 0.1) is 5.92 Å². The summed E-state index contributed by atoms with van der Waals surface area (Å²) in [5.41, 5.74) is 12.2. The van der Waals surface area contributed by atoms with Gasteiger partial charge in [0.1, 0.15) is 0 Å². The molecule has 0 aliphatic rings. The van der Waals surface area contributed by atoms with Crippen molar-refractivity contribution in [3.05, 3.63) is 24.3 Å². The number of hydrogen-bond acceptors (Lipinski definition) is 5. The minimum atomic E-state index is -0.514. The third-order valence-electron chi connectivity index (χ3n) is 2.68. The van der Waals surface area contributed by atoms with Crippen LogP contribution in [0.3, 0.4) is 0 Å². The lowest BCUT2D eigenvalue weighted by atomic mass is 10.2. The summed E-state index contributed by atoms with van der Waals surface area (Å²) < 4.78 is 2.16. The second-order valence-corrected chi connectivity index (χ2v) is 6.50. The molecule has 4 nitrogen and oxygen atoms in total. The standard InChI is InChI=1S/C14H25N3OS/c1-10(2)8-17(9-14(18)11(3)15)19-13-6-4-12(16)5-7-13/h4-7,10-11,14,18H,8-9,15-16H2,1-3H3. The molecule has 0 radical (unpaired) electrons. The summed E-state index contributed by atoms with van der Waals surface area (Å²) >= 11 is 1.63. The van der Waals surface area contributed by atoms with E-state index in [1.807, 2.05) is 31.2 Å². The summed E-state index contributed by atoms with van der Waals surface area (Å²) in [7, 11) is 0. The topological polar surface area (TPSA) is 75.5 Å². The number of rotatable bonds is 7. The summed E-state index contributed by atoms with van der Waals surface area (Å²) in [5.74, 6) is 0.529. The van der Waals surface area contributed by atoms with Gasteiger partial charge in [-0.25, -0.2) is 4.31 Å². The molecule has 5 heteroatoms. The molecule has 1 aromatic carbocycles. The number of nitrogen functional groups attached to an aromatic ring is 1. The van der Waals surface area contributed by atoms with E-state index in [0.29, 0.717) is 12.5 Å². The molecule has 2 unspecified atom stereocenters. The van der Waals surface area contributed by atoms with Crippen LogP contribution in [0.2, 0.25) is 0 Å². The number of hydrogen-bond donors (Lipinski definition) is 3. The van der Waals surface area contributed by atoms with Crippen molar-refractivity contribution in [2.45, 2.75) is 37.8 Å². The van der Waals surface area contributed by atoms with Crippen LogP contribution in [0.15, 0.2) is 29.2 Å². The van der Waals surface area contributed by atoms with Gasteiger partial charge in [0.25, 0.3) is 0 Å². The lowest BCUT2D eigenvalue weighted by Crippen LogP contribution is -2.40. The highest BCUT2D eigenvalue weighted by atomic mass is 32.2. The molecule has 0 fully saturated rings. The van der Waals surface area contributed by atoms with Gasteiger partial charge in [-0.2, -0.15) is 0 Å². The fourth-order valence-electron chi connectivity index (χ4n) is 1.61. The first-order valence-electron chi connectivity index (χ1n) is 6.60. The largest absolute Gasteiger partial charge is 0.399 e. The molecule has 5 N–H and O–H groups in total. The highest BCUT2D eigenvalue weighted by Gasteiger charge is 2.17. The Bertz CT molecular complexity index is 367. The molecule has 0 heterocycles. The van der Waals surface area contributed by atoms with Gasteiger partial charge in [0.2, 0.25) is 0 Å². The van der Waals surface area contributed by atoms with E-state index in [1.54, 1.807) is 11.9 Å². The first kappa shape index (κ1) is 16.3. The third-order valence-corrected chi connectivity index (χ3v) is 3.72. The maximum absolute atomic E-state index is 9.93. The van der Waals surface area contributed by atoms with Gasteiger partial charge < -0.3 is 16.6 Å². The van der Waals surface area contributed by atoms with Crippen LogP contribution < -0.4 is 11.5 Å². The molecule has 0 aliphatic heterocycles. The van der Waals surface area contributed by atoms with Crippen molar-refractivity contribution in [3.63, 3.8) is 0 Å². The van der Waals surface area contributed by atoms with Gasteiger partial charge in [0, 0.05) is 29.7 Å². The van der Waals surface area contributed by atoms with E-state index in [9.17, 15) is 5.11 Å². The van der Waals surface area contributed by atoms with Crippen molar-refractivity contribution in [1.82, 2.24) is 4.31 Å². The SMILES string of the molecule is CC(C)CN(CC(O)C(C)N)Sc1ccc(N)cc1. The average Bonchev–Trinajstić information content (AvgIpc) is 2.31. The van der Waals surface area contributed by atoms with E-state index < -0.39 is 6.10 Å². The predicted molar refractivity (Wildman–Crippen MR) is 82.8 cm³/mol. The molecule has 0 aliphatic carbocycles. The van der Waals surface area contributed by atoms with E-state index in [1.165, 1.54) is 0 Å². The second kappa shape index (κ2) is 7.75. The maximum Gasteiger partial charge on any atom is 0.0824 e. The van der Waals surface area contributed by atoms with Gasteiger partial charge in [0.15, 0.2) is 0 Å². The molecule has 0 saturated carbocycles. The van der Waals surface area contributed by atoms with Gasteiger partial charge in [-0.1, -0.05) is 13.8 Å². The number of aliphatic hydroxyl groups excluding tert-OH is 1. The lowest BCUT2D eigenvalue weighted by Gasteiger charge is -2.27. The van der Waals surface area contributed by atoms with Crippen molar-refractivity contribution < 1.29 is 5.11 Å². The van der Waals surface area contributed by atoms with Crippen LogP contribution in [0.5, 0.6) is 0 Å². The van der Waals surface area contributed by atoms with Crippen LogP contribution in [-0.2, 0) is 0 Å². The molecule has 0 amide bonds. The van der Waals surface area contributed by atoms with Crippen LogP contribution >= 0.6 is 11.9 Å². The summed E-state index contributed by atoms with van der Waals surface area (Å²) in [6.07, 6.45) is -0.514. The molecule has 0 saturated heterocycles. The van der Waals surface area contributed by atoms with E-state index in [-0.39, 0.29) is 6.04 Å². The zero-order chi connectivity index (χ0) is 14.4. The van der Waals surface area contributed by atoms with Crippen LogP contribution in [0.1, 0.15) is 20.8 Å². The highest BCUT2D eigenvalue weighted by molar-refractivity contribution is 7.97. The number of aliphatic hydroxyl groups is 1. The van der Waals surface area contributed by atoms with Crippen molar-refractivity contribution in [3.8, 4) is 0 Å². The molecular weight excluding hydrogens is 258 g/mol. The van der Waals surface area contributed by atoms with Crippen molar-refractivity contribution in [2.75, 3.05) is 18.8 Å². The fourth-order valence-corrected chi connectivity index (χ4v) is 2.76. The Kier molecular flexibility index (Phi) is 6.65. The Morgan fingerprint density at radius 1 is 1.16 bits per heavy atom. The fraction of sp³-hybridized carbons (Fsp3) is 0.571. The van der Waals surface area contributed by atoms with Crippen molar-refractivity contribution in [2.24, 2.45) is 11.7 Å². The maximum atomic E-state index is 9.93. The Morgan fingerprint density at radius 2 is 1.74 bits per heavy atom. The summed E-state index contributed by atoms with van der Waals surface area (Å²) in [6.45, 7) is 7.61. The Hall–Kier alpha value is -0.750. The van der Waals surface area contributed by atoms with Crippen LogP contribution in [0.25, 0.3) is 0 Å². The minimum Gasteiger partial charge on any atom is -0.399 e. The normalized spacial score (nSPS) is 14.9.